The van der Waals surface area contributed by atoms with Gasteiger partial charge in [-0.25, -0.2) is 0 Å². The van der Waals surface area contributed by atoms with Crippen molar-refractivity contribution in [3.8, 4) is 0 Å². The van der Waals surface area contributed by atoms with Gasteiger partial charge < -0.3 is 9.47 Å². The summed E-state index contributed by atoms with van der Waals surface area (Å²) in [5, 5.41) is 0.680. The fraction of sp³-hybridized carbons (Fsp3) is 0.429. The molecule has 1 aromatic carbocycles. The van der Waals surface area contributed by atoms with E-state index in [9.17, 15) is 0 Å². The molecule has 0 amide bonds. The largest absolute Gasteiger partial charge is 0.352 e. The molecule has 0 bridgehead atoms. The first kappa shape index (κ1) is 14.4. The van der Waals surface area contributed by atoms with Gasteiger partial charge in [-0.3, -0.25) is 0 Å². The van der Waals surface area contributed by atoms with Gasteiger partial charge in [0.1, 0.15) is 0 Å². The highest BCUT2D eigenvalue weighted by atomic mass is 79.9. The van der Waals surface area contributed by atoms with Gasteiger partial charge in [0.25, 0.3) is 0 Å². The van der Waals surface area contributed by atoms with Gasteiger partial charge in [-0.05, 0) is 12.5 Å². The third-order valence-corrected chi connectivity index (χ3v) is 2.98. The van der Waals surface area contributed by atoms with Gasteiger partial charge in [0, 0.05) is 12.5 Å². The van der Waals surface area contributed by atoms with Gasteiger partial charge in [-0.2, -0.15) is 0 Å². The molecule has 2 unspecified atom stereocenters. The van der Waals surface area contributed by atoms with Crippen LogP contribution in [0.5, 0.6) is 0 Å². The number of ether oxygens (including phenoxy) is 2. The molecule has 0 saturated carbocycles. The molecule has 17 heavy (non-hydrogen) atoms. The number of rotatable bonds is 8. The molecule has 94 valence electrons. The molecular formula is C14H19BrO2. The predicted molar refractivity (Wildman–Crippen MR) is 74.5 cm³/mol. The Labute approximate surface area is 112 Å². The van der Waals surface area contributed by atoms with Crippen LogP contribution in [0.2, 0.25) is 0 Å². The zero-order valence-electron chi connectivity index (χ0n) is 10.1. The Balaban J connectivity index is 2.50. The van der Waals surface area contributed by atoms with Gasteiger partial charge in [0.2, 0.25) is 0 Å². The summed E-state index contributed by atoms with van der Waals surface area (Å²) in [6.45, 7) is 7.05. The Morgan fingerprint density at radius 2 is 2.00 bits per heavy atom. The van der Waals surface area contributed by atoms with E-state index in [-0.39, 0.29) is 12.2 Å². The summed E-state index contributed by atoms with van der Waals surface area (Å²) in [4.78, 5) is 0. The summed E-state index contributed by atoms with van der Waals surface area (Å²) in [6.07, 6.45) is 1.72. The molecule has 2 atom stereocenters. The van der Waals surface area contributed by atoms with Crippen LogP contribution in [-0.4, -0.2) is 24.8 Å². The second-order valence-electron chi connectivity index (χ2n) is 3.63. The second-order valence-corrected chi connectivity index (χ2v) is 4.27. The lowest BCUT2D eigenvalue weighted by molar-refractivity contribution is -0.124. The fourth-order valence-corrected chi connectivity index (χ4v) is 1.91. The van der Waals surface area contributed by atoms with Gasteiger partial charge in [0.05, 0.1) is 11.9 Å². The first-order valence-electron chi connectivity index (χ1n) is 5.78. The molecule has 0 N–H and O–H groups in total. The Morgan fingerprint density at radius 1 is 1.29 bits per heavy atom. The van der Waals surface area contributed by atoms with Crippen LogP contribution >= 0.6 is 15.9 Å². The van der Waals surface area contributed by atoms with Crippen molar-refractivity contribution in [1.29, 1.82) is 0 Å². The Kier molecular flexibility index (Phi) is 7.17. The monoisotopic (exact) mass is 298 g/mol. The molecule has 0 saturated heterocycles. The minimum Gasteiger partial charge on any atom is -0.352 e. The third kappa shape index (κ3) is 5.02. The summed E-state index contributed by atoms with van der Waals surface area (Å²) >= 11 is 3.37. The molecule has 2 nitrogen and oxygen atoms in total. The molecule has 1 rings (SSSR count). The van der Waals surface area contributed by atoms with E-state index in [2.05, 4.69) is 34.6 Å². The standard InChI is InChI=1S/C14H19BrO2/c1-3-12(13-8-6-5-7-9-13)11-17-14(10-15)16-4-2/h3,5-9,12,14H,1,4,10-11H2,2H3. The van der Waals surface area contributed by atoms with Crippen LogP contribution in [0.3, 0.4) is 0 Å². The topological polar surface area (TPSA) is 18.5 Å². The molecule has 0 aliphatic rings. The van der Waals surface area contributed by atoms with Gasteiger partial charge in [-0.15, -0.1) is 6.58 Å². The van der Waals surface area contributed by atoms with Crippen LogP contribution in [0.4, 0.5) is 0 Å². The van der Waals surface area contributed by atoms with Crippen molar-refractivity contribution in [3.05, 3.63) is 48.6 Å². The maximum Gasteiger partial charge on any atom is 0.167 e. The van der Waals surface area contributed by atoms with Crippen molar-refractivity contribution in [2.75, 3.05) is 18.5 Å². The molecular weight excluding hydrogens is 280 g/mol. The molecule has 0 radical (unpaired) electrons. The molecule has 0 spiro atoms. The van der Waals surface area contributed by atoms with Crippen molar-refractivity contribution < 1.29 is 9.47 Å². The highest BCUT2D eigenvalue weighted by Gasteiger charge is 2.12. The van der Waals surface area contributed by atoms with E-state index >= 15 is 0 Å². The van der Waals surface area contributed by atoms with E-state index in [0.717, 1.165) is 0 Å². The Hall–Kier alpha value is -0.640. The first-order valence-corrected chi connectivity index (χ1v) is 6.90. The maximum atomic E-state index is 5.70. The number of benzene rings is 1. The van der Waals surface area contributed by atoms with Crippen LogP contribution in [0.15, 0.2) is 43.0 Å². The number of hydrogen-bond acceptors (Lipinski definition) is 2. The van der Waals surface area contributed by atoms with Crippen LogP contribution in [0.25, 0.3) is 0 Å². The summed E-state index contributed by atoms with van der Waals surface area (Å²) in [6, 6.07) is 10.2. The lowest BCUT2D eigenvalue weighted by Crippen LogP contribution is -2.21. The average molecular weight is 299 g/mol. The van der Waals surface area contributed by atoms with Crippen molar-refractivity contribution in [2.45, 2.75) is 19.1 Å². The van der Waals surface area contributed by atoms with E-state index in [1.54, 1.807) is 0 Å². The van der Waals surface area contributed by atoms with E-state index < -0.39 is 0 Å². The third-order valence-electron chi connectivity index (χ3n) is 2.45. The summed E-state index contributed by atoms with van der Waals surface area (Å²) in [5.41, 5.74) is 1.22. The second kappa shape index (κ2) is 8.45. The molecule has 1 aromatic rings. The summed E-state index contributed by atoms with van der Waals surface area (Å²) < 4.78 is 11.1. The van der Waals surface area contributed by atoms with Crippen molar-refractivity contribution >= 4 is 15.9 Å². The molecule has 0 aromatic heterocycles. The Bertz CT molecular complexity index is 313. The highest BCUT2D eigenvalue weighted by molar-refractivity contribution is 9.09. The van der Waals surface area contributed by atoms with Crippen LogP contribution < -0.4 is 0 Å². The summed E-state index contributed by atoms with van der Waals surface area (Å²) in [7, 11) is 0. The van der Waals surface area contributed by atoms with E-state index in [1.165, 1.54) is 5.56 Å². The average Bonchev–Trinajstić information content (AvgIpc) is 2.39. The number of halogens is 1. The number of hydrogen-bond donors (Lipinski definition) is 0. The zero-order chi connectivity index (χ0) is 12.5. The maximum absolute atomic E-state index is 5.70. The van der Waals surface area contributed by atoms with E-state index in [1.807, 2.05) is 31.2 Å². The van der Waals surface area contributed by atoms with E-state index in [4.69, 9.17) is 9.47 Å². The Morgan fingerprint density at radius 3 is 2.53 bits per heavy atom. The van der Waals surface area contributed by atoms with Gasteiger partial charge in [0.15, 0.2) is 6.29 Å². The molecule has 0 aliphatic carbocycles. The lowest BCUT2D eigenvalue weighted by atomic mass is 10.0. The van der Waals surface area contributed by atoms with Crippen molar-refractivity contribution in [1.82, 2.24) is 0 Å². The molecule has 0 heterocycles. The van der Waals surface area contributed by atoms with Crippen molar-refractivity contribution in [3.63, 3.8) is 0 Å². The highest BCUT2D eigenvalue weighted by Crippen LogP contribution is 2.18. The van der Waals surface area contributed by atoms with Gasteiger partial charge in [-0.1, -0.05) is 52.3 Å². The minimum absolute atomic E-state index is 0.189. The van der Waals surface area contributed by atoms with Crippen molar-refractivity contribution in [2.24, 2.45) is 0 Å². The quantitative estimate of drug-likeness (QED) is 0.414. The fourth-order valence-electron chi connectivity index (χ4n) is 1.53. The van der Waals surface area contributed by atoms with Crippen LogP contribution in [0.1, 0.15) is 18.4 Å². The SMILES string of the molecule is C=CC(COC(CBr)OCC)c1ccccc1. The lowest BCUT2D eigenvalue weighted by Gasteiger charge is -2.19. The smallest absolute Gasteiger partial charge is 0.167 e. The molecule has 3 heteroatoms. The molecule has 0 aliphatic heterocycles. The number of alkyl halides is 1. The zero-order valence-corrected chi connectivity index (χ0v) is 11.7. The predicted octanol–water partition coefficient (Wildman–Crippen LogP) is 3.73. The normalized spacial score (nSPS) is 14.2. The van der Waals surface area contributed by atoms with Crippen LogP contribution in [0, 0.1) is 0 Å². The molecule has 0 fully saturated rings. The van der Waals surface area contributed by atoms with Crippen LogP contribution in [-0.2, 0) is 9.47 Å². The summed E-state index contributed by atoms with van der Waals surface area (Å²) in [5.74, 6) is 0.207. The van der Waals surface area contributed by atoms with E-state index in [0.29, 0.717) is 18.5 Å². The first-order chi connectivity index (χ1) is 8.31. The van der Waals surface area contributed by atoms with Gasteiger partial charge >= 0.3 is 0 Å². The minimum atomic E-state index is -0.189.